The molecule has 0 saturated carbocycles. The van der Waals surface area contributed by atoms with E-state index in [9.17, 15) is 0 Å². The highest BCUT2D eigenvalue weighted by molar-refractivity contribution is 14.1. The molecule has 170 valence electrons. The highest BCUT2D eigenvalue weighted by atomic mass is 127. The van der Waals surface area contributed by atoms with Crippen LogP contribution in [-0.2, 0) is 6.61 Å². The third kappa shape index (κ3) is 5.24. The lowest BCUT2D eigenvalue weighted by atomic mass is 9.92. The maximum atomic E-state index is 6.57. The first-order valence-corrected chi connectivity index (χ1v) is 12.7. The van der Waals surface area contributed by atoms with Crippen molar-refractivity contribution in [3.63, 3.8) is 0 Å². The molecule has 0 aliphatic carbocycles. The van der Waals surface area contributed by atoms with E-state index in [2.05, 4.69) is 63.9 Å². The minimum Gasteiger partial charge on any atom is -0.489 e. The zero-order valence-electron chi connectivity index (χ0n) is 18.2. The molecule has 1 atom stereocenters. The molecular formula is C28H21Cl2IN2O. The maximum absolute atomic E-state index is 6.57. The maximum Gasteiger partial charge on any atom is 0.119 e. The monoisotopic (exact) mass is 598 g/mol. The van der Waals surface area contributed by atoms with Gasteiger partial charge in [-0.25, -0.2) is 4.99 Å². The number of halogens is 3. The molecule has 1 aliphatic heterocycles. The van der Waals surface area contributed by atoms with E-state index in [-0.39, 0.29) is 6.04 Å². The second-order valence-electron chi connectivity index (χ2n) is 8.03. The summed E-state index contributed by atoms with van der Waals surface area (Å²) in [5.41, 5.74) is 4.15. The zero-order valence-corrected chi connectivity index (χ0v) is 21.8. The quantitative estimate of drug-likeness (QED) is 0.207. The first kappa shape index (κ1) is 23.2. The molecule has 0 radical (unpaired) electrons. The van der Waals surface area contributed by atoms with Crippen LogP contribution in [0.5, 0.6) is 5.75 Å². The van der Waals surface area contributed by atoms with E-state index in [1.54, 1.807) is 6.07 Å². The molecule has 0 N–H and O–H groups in total. The van der Waals surface area contributed by atoms with Crippen LogP contribution in [0.1, 0.15) is 23.6 Å². The Bertz CT molecular complexity index is 1310. The van der Waals surface area contributed by atoms with Crippen LogP contribution in [0.25, 0.3) is 0 Å². The summed E-state index contributed by atoms with van der Waals surface area (Å²) in [6, 6.07) is 32.3. The number of rotatable bonds is 6. The molecule has 0 amide bonds. The van der Waals surface area contributed by atoms with Crippen LogP contribution in [0.4, 0.5) is 11.4 Å². The summed E-state index contributed by atoms with van der Waals surface area (Å²) in [7, 11) is 0. The fraction of sp³-hybridized carbons (Fsp3) is 0.107. The Kier molecular flexibility index (Phi) is 7.09. The molecule has 1 unspecified atom stereocenters. The van der Waals surface area contributed by atoms with Crippen LogP contribution in [-0.4, -0.2) is 5.84 Å². The van der Waals surface area contributed by atoms with Gasteiger partial charge in [0, 0.05) is 25.7 Å². The average Bonchev–Trinajstić information content (AvgIpc) is 2.84. The fourth-order valence-electron chi connectivity index (χ4n) is 3.99. The summed E-state index contributed by atoms with van der Waals surface area (Å²) in [5.74, 6) is 1.82. The first-order valence-electron chi connectivity index (χ1n) is 10.9. The normalized spacial score (nSPS) is 16.4. The Morgan fingerprint density at radius 3 is 2.32 bits per heavy atom. The molecule has 3 nitrogen and oxygen atoms in total. The van der Waals surface area contributed by atoms with Gasteiger partial charge in [0.2, 0.25) is 0 Å². The standard InChI is InChI=1S/C28H21Cl2IN2O/c29-20-6-15-25(26(30)16-20)27-17-28(32-22-9-7-21(31)8-10-22)33(27)23-11-13-24(14-12-23)34-18-19-4-2-1-3-5-19/h1-16,27H,17-18H2. The van der Waals surface area contributed by atoms with Crippen LogP contribution >= 0.6 is 45.8 Å². The van der Waals surface area contributed by atoms with Gasteiger partial charge in [0.05, 0.1) is 11.7 Å². The van der Waals surface area contributed by atoms with Crippen LogP contribution in [0, 0.1) is 3.57 Å². The SMILES string of the molecule is Clc1ccc(C2CC(=Nc3ccc(I)cc3)N2c2ccc(OCc3ccccc3)cc2)c(Cl)c1. The number of benzene rings is 4. The number of hydrogen-bond donors (Lipinski definition) is 0. The van der Waals surface area contributed by atoms with Crippen molar-refractivity contribution in [1.82, 2.24) is 0 Å². The smallest absolute Gasteiger partial charge is 0.119 e. The van der Waals surface area contributed by atoms with Gasteiger partial charge in [-0.15, -0.1) is 0 Å². The highest BCUT2D eigenvalue weighted by Crippen LogP contribution is 2.43. The molecular weight excluding hydrogens is 578 g/mol. The van der Waals surface area contributed by atoms with Crippen molar-refractivity contribution in [3.8, 4) is 5.75 Å². The van der Waals surface area contributed by atoms with Crippen LogP contribution < -0.4 is 9.64 Å². The number of nitrogens with zero attached hydrogens (tertiary/aromatic N) is 2. The molecule has 4 aromatic rings. The number of ether oxygens (including phenoxy) is 1. The van der Waals surface area contributed by atoms with Crippen molar-refractivity contribution >= 4 is 63.0 Å². The van der Waals surface area contributed by atoms with Gasteiger partial charge in [0.15, 0.2) is 0 Å². The van der Waals surface area contributed by atoms with Crippen LogP contribution in [0.15, 0.2) is 102 Å². The lowest BCUT2D eigenvalue weighted by molar-refractivity contribution is 0.306. The lowest BCUT2D eigenvalue weighted by Crippen LogP contribution is -2.46. The summed E-state index contributed by atoms with van der Waals surface area (Å²) >= 11 is 15.0. The van der Waals surface area contributed by atoms with Crippen molar-refractivity contribution in [2.45, 2.75) is 19.1 Å². The second kappa shape index (κ2) is 10.4. The molecule has 1 aliphatic rings. The summed E-state index contributed by atoms with van der Waals surface area (Å²) in [6.45, 7) is 0.534. The summed E-state index contributed by atoms with van der Waals surface area (Å²) in [5, 5.41) is 1.30. The Morgan fingerprint density at radius 2 is 1.62 bits per heavy atom. The van der Waals surface area contributed by atoms with E-state index in [1.165, 1.54) is 3.57 Å². The molecule has 1 fully saturated rings. The Hall–Kier alpha value is -2.54. The van der Waals surface area contributed by atoms with Crippen molar-refractivity contribution in [1.29, 1.82) is 0 Å². The number of hydrogen-bond acceptors (Lipinski definition) is 2. The van der Waals surface area contributed by atoms with Gasteiger partial charge in [-0.1, -0.05) is 59.6 Å². The van der Waals surface area contributed by atoms with E-state index in [0.717, 1.165) is 40.5 Å². The van der Waals surface area contributed by atoms with E-state index < -0.39 is 0 Å². The van der Waals surface area contributed by atoms with E-state index >= 15 is 0 Å². The second-order valence-corrected chi connectivity index (χ2v) is 10.1. The predicted octanol–water partition coefficient (Wildman–Crippen LogP) is 8.86. The van der Waals surface area contributed by atoms with Gasteiger partial charge in [0.25, 0.3) is 0 Å². The van der Waals surface area contributed by atoms with Gasteiger partial charge in [-0.2, -0.15) is 0 Å². The van der Waals surface area contributed by atoms with Crippen molar-refractivity contribution in [2.24, 2.45) is 4.99 Å². The zero-order chi connectivity index (χ0) is 23.5. The minimum atomic E-state index is 0.0865. The molecule has 0 aromatic heterocycles. The fourth-order valence-corrected chi connectivity index (χ4v) is 4.88. The van der Waals surface area contributed by atoms with Gasteiger partial charge in [0.1, 0.15) is 18.2 Å². The topological polar surface area (TPSA) is 24.8 Å². The van der Waals surface area contributed by atoms with E-state index in [0.29, 0.717) is 16.7 Å². The van der Waals surface area contributed by atoms with Crippen molar-refractivity contribution < 1.29 is 4.74 Å². The highest BCUT2D eigenvalue weighted by Gasteiger charge is 2.37. The Balaban J connectivity index is 1.41. The Labute approximate surface area is 223 Å². The number of aliphatic imine (C=N–C) groups is 1. The average molecular weight is 599 g/mol. The molecule has 0 bridgehead atoms. The van der Waals surface area contributed by atoms with Gasteiger partial charge in [-0.3, -0.25) is 0 Å². The summed E-state index contributed by atoms with van der Waals surface area (Å²) in [6.07, 6.45) is 0.791. The summed E-state index contributed by atoms with van der Waals surface area (Å²) in [4.78, 5) is 7.15. The minimum absolute atomic E-state index is 0.0865. The van der Waals surface area contributed by atoms with Crippen LogP contribution in [0.3, 0.4) is 0 Å². The molecule has 1 saturated heterocycles. The third-order valence-corrected chi connectivity index (χ3v) is 7.02. The third-order valence-electron chi connectivity index (χ3n) is 5.74. The Morgan fingerprint density at radius 1 is 0.882 bits per heavy atom. The van der Waals surface area contributed by atoms with Gasteiger partial charge < -0.3 is 9.64 Å². The number of amidine groups is 1. The molecule has 6 heteroatoms. The van der Waals surface area contributed by atoms with Crippen molar-refractivity contribution in [2.75, 3.05) is 4.90 Å². The van der Waals surface area contributed by atoms with Gasteiger partial charge in [-0.05, 0) is 94.4 Å². The molecule has 5 rings (SSSR count). The summed E-state index contributed by atoms with van der Waals surface area (Å²) < 4.78 is 7.15. The van der Waals surface area contributed by atoms with Crippen LogP contribution in [0.2, 0.25) is 10.0 Å². The number of anilines is 1. The lowest BCUT2D eigenvalue weighted by Gasteiger charge is -2.44. The molecule has 0 spiro atoms. The molecule has 1 heterocycles. The van der Waals surface area contributed by atoms with Crippen molar-refractivity contribution in [3.05, 3.63) is 122 Å². The predicted molar refractivity (Wildman–Crippen MR) is 150 cm³/mol. The van der Waals surface area contributed by atoms with E-state index in [1.807, 2.05) is 54.6 Å². The molecule has 34 heavy (non-hydrogen) atoms. The van der Waals surface area contributed by atoms with E-state index in [4.69, 9.17) is 32.9 Å². The van der Waals surface area contributed by atoms with Gasteiger partial charge >= 0.3 is 0 Å². The first-order chi connectivity index (χ1) is 16.6. The largest absolute Gasteiger partial charge is 0.489 e. The molecule has 4 aromatic carbocycles.